The number of hydrogen-bond acceptors (Lipinski definition) is 2. The van der Waals surface area contributed by atoms with E-state index in [4.69, 9.17) is 0 Å². The lowest BCUT2D eigenvalue weighted by Gasteiger charge is -2.20. The predicted octanol–water partition coefficient (Wildman–Crippen LogP) is 2.02. The Hall–Kier alpha value is -1.32. The van der Waals surface area contributed by atoms with Gasteiger partial charge >= 0.3 is 6.03 Å². The quantitative estimate of drug-likeness (QED) is 0.806. The van der Waals surface area contributed by atoms with Crippen LogP contribution < -0.4 is 5.32 Å². The molecule has 1 N–H and O–H groups in total. The van der Waals surface area contributed by atoms with E-state index in [1.54, 1.807) is 12.4 Å². The smallest absolute Gasteiger partial charge is 0.327 e. The molecule has 1 aliphatic carbocycles. The number of nitrogens with one attached hydrogen (secondary N) is 1. The largest absolute Gasteiger partial charge is 0.335 e. The Morgan fingerprint density at radius 2 is 2.27 bits per heavy atom. The van der Waals surface area contributed by atoms with Crippen LogP contribution in [0.5, 0.6) is 0 Å². The summed E-state index contributed by atoms with van der Waals surface area (Å²) in [5.74, 6) is 0.650. The van der Waals surface area contributed by atoms with Gasteiger partial charge in [-0.1, -0.05) is 12.8 Å². The first kappa shape index (κ1) is 10.2. The van der Waals surface area contributed by atoms with Crippen molar-refractivity contribution in [3.8, 4) is 0 Å². The average molecular weight is 207 g/mol. The van der Waals surface area contributed by atoms with Crippen molar-refractivity contribution < 1.29 is 4.79 Å². The lowest BCUT2D eigenvalue weighted by molar-refractivity contribution is 0.234. The molecule has 0 aromatic carbocycles. The molecule has 2 rings (SSSR count). The van der Waals surface area contributed by atoms with Gasteiger partial charge in [-0.3, -0.25) is 4.57 Å². The molecule has 0 spiro atoms. The molecular weight excluding hydrogens is 190 g/mol. The molecule has 1 atom stereocenters. The first-order valence-electron chi connectivity index (χ1n) is 5.56. The minimum atomic E-state index is -0.0769. The molecule has 1 saturated carbocycles. The molecule has 1 fully saturated rings. The highest BCUT2D eigenvalue weighted by atomic mass is 16.2. The van der Waals surface area contributed by atoms with Crippen molar-refractivity contribution in [3.05, 3.63) is 18.7 Å². The molecule has 0 saturated heterocycles. The van der Waals surface area contributed by atoms with Crippen LogP contribution in [0.2, 0.25) is 0 Å². The van der Waals surface area contributed by atoms with Crippen LogP contribution in [0.25, 0.3) is 0 Å². The summed E-state index contributed by atoms with van der Waals surface area (Å²) in [6.07, 6.45) is 9.88. The number of amides is 1. The third kappa shape index (κ3) is 2.37. The van der Waals surface area contributed by atoms with Crippen LogP contribution >= 0.6 is 0 Å². The molecule has 0 bridgehead atoms. The lowest BCUT2D eigenvalue weighted by Crippen LogP contribution is -2.39. The van der Waals surface area contributed by atoms with Gasteiger partial charge in [0.05, 0.1) is 0 Å². The number of carbonyl (C=O) groups is 1. The summed E-state index contributed by atoms with van der Waals surface area (Å²) < 4.78 is 1.48. The zero-order valence-corrected chi connectivity index (χ0v) is 9.02. The highest BCUT2D eigenvalue weighted by Crippen LogP contribution is 2.27. The second kappa shape index (κ2) is 4.47. The number of rotatable bonds is 2. The molecule has 1 aliphatic rings. The highest BCUT2D eigenvalue weighted by Gasteiger charge is 2.22. The Morgan fingerprint density at radius 1 is 1.53 bits per heavy atom. The lowest BCUT2D eigenvalue weighted by atomic mass is 10.0. The van der Waals surface area contributed by atoms with E-state index in [2.05, 4.69) is 17.2 Å². The van der Waals surface area contributed by atoms with Crippen molar-refractivity contribution in [2.45, 2.75) is 38.6 Å². The molecule has 1 aromatic heterocycles. The second-order valence-corrected chi connectivity index (χ2v) is 4.25. The van der Waals surface area contributed by atoms with Gasteiger partial charge in [-0.15, -0.1) is 0 Å². The van der Waals surface area contributed by atoms with Crippen molar-refractivity contribution in [3.63, 3.8) is 0 Å². The van der Waals surface area contributed by atoms with E-state index in [1.165, 1.54) is 36.6 Å². The standard InChI is InChI=1S/C11H17N3O/c1-9(10-4-2-3-5-10)13-11(15)14-7-6-12-8-14/h6-10H,2-5H2,1H3,(H,13,15)/t9-/m0/s1. The fourth-order valence-corrected chi connectivity index (χ4v) is 2.22. The van der Waals surface area contributed by atoms with Crippen LogP contribution in [0.1, 0.15) is 32.6 Å². The first-order valence-corrected chi connectivity index (χ1v) is 5.56. The molecule has 4 nitrogen and oxygen atoms in total. The van der Waals surface area contributed by atoms with E-state index in [1.807, 2.05) is 0 Å². The van der Waals surface area contributed by atoms with E-state index in [0.29, 0.717) is 5.92 Å². The average Bonchev–Trinajstić information content (AvgIpc) is 2.91. The van der Waals surface area contributed by atoms with Gasteiger partial charge < -0.3 is 5.32 Å². The van der Waals surface area contributed by atoms with Crippen molar-refractivity contribution in [1.29, 1.82) is 0 Å². The minimum Gasteiger partial charge on any atom is -0.335 e. The highest BCUT2D eigenvalue weighted by molar-refractivity contribution is 5.76. The summed E-state index contributed by atoms with van der Waals surface area (Å²) in [7, 11) is 0. The molecule has 0 unspecified atom stereocenters. The van der Waals surface area contributed by atoms with Gasteiger partial charge in [0.25, 0.3) is 0 Å². The van der Waals surface area contributed by atoms with E-state index in [-0.39, 0.29) is 12.1 Å². The Kier molecular flexibility index (Phi) is 3.04. The summed E-state index contributed by atoms with van der Waals surface area (Å²) >= 11 is 0. The van der Waals surface area contributed by atoms with Gasteiger partial charge in [0.1, 0.15) is 6.33 Å². The first-order chi connectivity index (χ1) is 7.27. The molecule has 0 radical (unpaired) electrons. The topological polar surface area (TPSA) is 46.9 Å². The van der Waals surface area contributed by atoms with Crippen molar-refractivity contribution in [2.24, 2.45) is 5.92 Å². The maximum absolute atomic E-state index is 11.7. The number of aromatic nitrogens is 2. The summed E-state index contributed by atoms with van der Waals surface area (Å²) in [4.78, 5) is 15.5. The Morgan fingerprint density at radius 3 is 2.87 bits per heavy atom. The minimum absolute atomic E-state index is 0.0769. The van der Waals surface area contributed by atoms with Crippen LogP contribution in [0.3, 0.4) is 0 Å². The zero-order chi connectivity index (χ0) is 10.7. The molecule has 82 valence electrons. The Labute approximate surface area is 89.7 Å². The molecule has 4 heteroatoms. The third-order valence-electron chi connectivity index (χ3n) is 3.20. The summed E-state index contributed by atoms with van der Waals surface area (Å²) in [6.45, 7) is 2.09. The number of nitrogens with zero attached hydrogens (tertiary/aromatic N) is 2. The summed E-state index contributed by atoms with van der Waals surface area (Å²) in [5.41, 5.74) is 0. The van der Waals surface area contributed by atoms with Crippen molar-refractivity contribution in [2.75, 3.05) is 0 Å². The zero-order valence-electron chi connectivity index (χ0n) is 9.02. The SMILES string of the molecule is C[C@H](NC(=O)n1ccnc1)C1CCCC1. The van der Waals surface area contributed by atoms with Crippen LogP contribution in [0.4, 0.5) is 4.79 Å². The van der Waals surface area contributed by atoms with Gasteiger partial charge in [0, 0.05) is 18.4 Å². The van der Waals surface area contributed by atoms with Gasteiger partial charge in [0.2, 0.25) is 0 Å². The van der Waals surface area contributed by atoms with E-state index >= 15 is 0 Å². The van der Waals surface area contributed by atoms with Crippen LogP contribution in [0, 0.1) is 5.92 Å². The second-order valence-electron chi connectivity index (χ2n) is 4.25. The van der Waals surface area contributed by atoms with E-state index < -0.39 is 0 Å². The molecule has 0 aliphatic heterocycles. The maximum atomic E-state index is 11.7. The van der Waals surface area contributed by atoms with Crippen LogP contribution in [0.15, 0.2) is 18.7 Å². The summed E-state index contributed by atoms with van der Waals surface area (Å²) in [5, 5.41) is 3.01. The Bertz CT molecular complexity index is 315. The fourth-order valence-electron chi connectivity index (χ4n) is 2.22. The molecule has 1 amide bonds. The number of carbonyl (C=O) groups excluding carboxylic acids is 1. The molecule has 15 heavy (non-hydrogen) atoms. The van der Waals surface area contributed by atoms with Gasteiger partial charge in [-0.05, 0) is 25.7 Å². The third-order valence-corrected chi connectivity index (χ3v) is 3.20. The van der Waals surface area contributed by atoms with Crippen molar-refractivity contribution in [1.82, 2.24) is 14.9 Å². The number of hydrogen-bond donors (Lipinski definition) is 1. The van der Waals surface area contributed by atoms with Crippen LogP contribution in [-0.4, -0.2) is 21.6 Å². The van der Waals surface area contributed by atoms with Crippen molar-refractivity contribution >= 4 is 6.03 Å². The Balaban J connectivity index is 1.88. The van der Waals surface area contributed by atoms with E-state index in [0.717, 1.165) is 0 Å². The van der Waals surface area contributed by atoms with E-state index in [9.17, 15) is 4.79 Å². The number of imidazole rings is 1. The van der Waals surface area contributed by atoms with Gasteiger partial charge in [0.15, 0.2) is 0 Å². The predicted molar refractivity (Wildman–Crippen MR) is 57.6 cm³/mol. The monoisotopic (exact) mass is 207 g/mol. The van der Waals surface area contributed by atoms with Crippen LogP contribution in [-0.2, 0) is 0 Å². The molecule has 1 heterocycles. The van der Waals surface area contributed by atoms with Gasteiger partial charge in [-0.2, -0.15) is 0 Å². The summed E-state index contributed by atoms with van der Waals surface area (Å²) in [6, 6.07) is 0.189. The maximum Gasteiger partial charge on any atom is 0.327 e. The fraction of sp³-hybridized carbons (Fsp3) is 0.636. The molecular formula is C11H17N3O. The molecule has 1 aromatic rings. The van der Waals surface area contributed by atoms with Gasteiger partial charge in [-0.25, -0.2) is 9.78 Å². The normalized spacial score (nSPS) is 19.0.